The lowest BCUT2D eigenvalue weighted by Gasteiger charge is -1.94. The molecule has 0 saturated carbocycles. The van der Waals surface area contributed by atoms with Gasteiger partial charge in [-0.15, -0.1) is 0 Å². The fourth-order valence-electron chi connectivity index (χ4n) is 1.39. The number of hydrogen-bond donors (Lipinski definition) is 0. The molecule has 56 valence electrons. The van der Waals surface area contributed by atoms with Crippen LogP contribution in [0.1, 0.15) is 6.42 Å². The molecular weight excluding hydrogens is 268 g/mol. The number of rotatable bonds is 1. The van der Waals surface area contributed by atoms with Gasteiger partial charge in [-0.3, -0.25) is 0 Å². The standard InChI is InChI=1S/C9H6Br2/c10-9(11)5-8-4-6-1-2-7(8)3-6/h1-2,4-5H,3H2. The summed E-state index contributed by atoms with van der Waals surface area (Å²) in [6.45, 7) is 0. The smallest absolute Gasteiger partial charge is 0.0584 e. The maximum Gasteiger partial charge on any atom is 0.0610 e. The van der Waals surface area contributed by atoms with E-state index in [2.05, 4.69) is 56.2 Å². The average Bonchev–Trinajstić information content (AvgIpc) is 2.45. The Hall–Kier alpha value is -0.0800. The van der Waals surface area contributed by atoms with Gasteiger partial charge in [0.1, 0.15) is 0 Å². The van der Waals surface area contributed by atoms with Crippen LogP contribution in [0, 0.1) is 0 Å². The van der Waals surface area contributed by atoms with Crippen molar-refractivity contribution in [2.24, 2.45) is 0 Å². The van der Waals surface area contributed by atoms with Gasteiger partial charge in [0.05, 0.1) is 3.39 Å². The van der Waals surface area contributed by atoms with Crippen LogP contribution in [0.4, 0.5) is 0 Å². The van der Waals surface area contributed by atoms with Crippen molar-refractivity contribution in [2.45, 2.75) is 6.42 Å². The largest absolute Gasteiger partial charge is 0.0610 e. The van der Waals surface area contributed by atoms with Crippen LogP contribution in [0.2, 0.25) is 0 Å². The van der Waals surface area contributed by atoms with Gasteiger partial charge in [-0.2, -0.15) is 0 Å². The molecule has 0 N–H and O–H groups in total. The molecule has 0 unspecified atom stereocenters. The van der Waals surface area contributed by atoms with Gasteiger partial charge in [0.2, 0.25) is 0 Å². The first kappa shape index (κ1) is 7.56. The third-order valence-corrected chi connectivity index (χ3v) is 2.33. The SMILES string of the molecule is BrC(Br)=CC1=C2C=CC(=C1)C2. The summed E-state index contributed by atoms with van der Waals surface area (Å²) in [5, 5.41) is 0. The number of fused-ring (bicyclic) bond motifs is 2. The summed E-state index contributed by atoms with van der Waals surface area (Å²) in [5.74, 6) is 0. The normalized spacial score (nSPS) is 19.3. The van der Waals surface area contributed by atoms with Crippen LogP contribution in [0.3, 0.4) is 0 Å². The number of halogens is 2. The fourth-order valence-corrected chi connectivity index (χ4v) is 1.88. The first-order chi connectivity index (χ1) is 5.25. The lowest BCUT2D eigenvalue weighted by molar-refractivity contribution is 1.31. The summed E-state index contributed by atoms with van der Waals surface area (Å²) >= 11 is 6.69. The van der Waals surface area contributed by atoms with Gasteiger partial charge in [-0.05, 0) is 61.1 Å². The number of hydrogen-bond acceptors (Lipinski definition) is 0. The third-order valence-electron chi connectivity index (χ3n) is 1.87. The molecule has 0 aromatic rings. The Balaban J connectivity index is 2.38. The van der Waals surface area contributed by atoms with Crippen molar-refractivity contribution >= 4 is 31.9 Å². The highest BCUT2D eigenvalue weighted by molar-refractivity contribution is 9.28. The molecule has 0 spiro atoms. The minimum absolute atomic E-state index is 1.00. The van der Waals surface area contributed by atoms with Gasteiger partial charge < -0.3 is 0 Å². The van der Waals surface area contributed by atoms with Crippen LogP contribution < -0.4 is 0 Å². The lowest BCUT2D eigenvalue weighted by Crippen LogP contribution is -1.74. The Morgan fingerprint density at radius 3 is 2.64 bits per heavy atom. The van der Waals surface area contributed by atoms with Crippen LogP contribution >= 0.6 is 31.9 Å². The zero-order valence-electron chi connectivity index (χ0n) is 5.77. The van der Waals surface area contributed by atoms with Gasteiger partial charge in [-0.25, -0.2) is 0 Å². The zero-order valence-corrected chi connectivity index (χ0v) is 8.94. The molecule has 2 heteroatoms. The minimum atomic E-state index is 1.00. The summed E-state index contributed by atoms with van der Waals surface area (Å²) in [7, 11) is 0. The van der Waals surface area contributed by atoms with E-state index in [9.17, 15) is 0 Å². The van der Waals surface area contributed by atoms with E-state index in [1.807, 2.05) is 0 Å². The van der Waals surface area contributed by atoms with Crippen molar-refractivity contribution in [3.05, 3.63) is 44.4 Å². The first-order valence-corrected chi connectivity index (χ1v) is 4.99. The molecule has 0 aromatic heterocycles. The Bertz CT molecular complexity index is 312. The minimum Gasteiger partial charge on any atom is -0.0584 e. The van der Waals surface area contributed by atoms with Crippen molar-refractivity contribution in [3.63, 3.8) is 0 Å². The highest BCUT2D eigenvalue weighted by atomic mass is 79.9. The van der Waals surface area contributed by atoms with E-state index >= 15 is 0 Å². The molecule has 0 aromatic carbocycles. The lowest BCUT2D eigenvalue weighted by atomic mass is 10.1. The van der Waals surface area contributed by atoms with Crippen molar-refractivity contribution in [3.8, 4) is 0 Å². The van der Waals surface area contributed by atoms with E-state index in [1.54, 1.807) is 0 Å². The quantitative estimate of drug-likeness (QED) is 0.682. The van der Waals surface area contributed by atoms with E-state index in [0.29, 0.717) is 0 Å². The van der Waals surface area contributed by atoms with Crippen LogP contribution in [-0.2, 0) is 0 Å². The van der Waals surface area contributed by atoms with Crippen molar-refractivity contribution < 1.29 is 0 Å². The van der Waals surface area contributed by atoms with Crippen molar-refractivity contribution in [1.82, 2.24) is 0 Å². The third kappa shape index (κ3) is 1.42. The van der Waals surface area contributed by atoms with E-state index in [0.717, 1.165) is 9.81 Å². The molecule has 0 heterocycles. The summed E-state index contributed by atoms with van der Waals surface area (Å²) in [4.78, 5) is 0. The van der Waals surface area contributed by atoms with Gasteiger partial charge in [0.15, 0.2) is 0 Å². The second-order valence-corrected chi connectivity index (χ2v) is 5.42. The molecule has 0 radical (unpaired) electrons. The second kappa shape index (κ2) is 2.76. The van der Waals surface area contributed by atoms with Crippen LogP contribution in [-0.4, -0.2) is 0 Å². The molecule has 11 heavy (non-hydrogen) atoms. The molecule has 2 aliphatic carbocycles. The molecule has 0 saturated heterocycles. The van der Waals surface area contributed by atoms with Gasteiger partial charge in [-0.1, -0.05) is 18.2 Å². The van der Waals surface area contributed by atoms with Crippen molar-refractivity contribution in [2.75, 3.05) is 0 Å². The maximum absolute atomic E-state index is 3.35. The molecule has 0 nitrogen and oxygen atoms in total. The summed E-state index contributed by atoms with van der Waals surface area (Å²) in [6.07, 6.45) is 9.79. The van der Waals surface area contributed by atoms with Crippen molar-refractivity contribution in [1.29, 1.82) is 0 Å². The maximum atomic E-state index is 3.35. The summed E-state index contributed by atoms with van der Waals surface area (Å²) in [6, 6.07) is 0. The average molecular weight is 274 g/mol. The second-order valence-electron chi connectivity index (χ2n) is 2.64. The fraction of sp³-hybridized carbons (Fsp3) is 0.111. The Morgan fingerprint density at radius 1 is 1.36 bits per heavy atom. The zero-order chi connectivity index (χ0) is 7.84. The first-order valence-electron chi connectivity index (χ1n) is 3.40. The Morgan fingerprint density at radius 2 is 2.18 bits per heavy atom. The molecule has 0 aliphatic heterocycles. The summed E-state index contributed by atoms with van der Waals surface area (Å²) < 4.78 is 1.00. The molecule has 2 rings (SSSR count). The predicted molar refractivity (Wildman–Crippen MR) is 54.8 cm³/mol. The molecule has 2 bridgehead atoms. The van der Waals surface area contributed by atoms with E-state index in [4.69, 9.17) is 0 Å². The number of allylic oxidation sites excluding steroid dienone is 7. The highest BCUT2D eigenvalue weighted by Crippen LogP contribution is 2.35. The molecular formula is C9H6Br2. The monoisotopic (exact) mass is 272 g/mol. The van der Waals surface area contributed by atoms with Crippen LogP contribution in [0.5, 0.6) is 0 Å². The van der Waals surface area contributed by atoms with Gasteiger partial charge in [0.25, 0.3) is 0 Å². The molecule has 0 amide bonds. The highest BCUT2D eigenvalue weighted by Gasteiger charge is 2.15. The van der Waals surface area contributed by atoms with E-state index in [1.165, 1.54) is 16.7 Å². The van der Waals surface area contributed by atoms with E-state index in [-0.39, 0.29) is 0 Å². The molecule has 0 atom stereocenters. The van der Waals surface area contributed by atoms with E-state index < -0.39 is 0 Å². The molecule has 0 fully saturated rings. The van der Waals surface area contributed by atoms with Gasteiger partial charge >= 0.3 is 0 Å². The topological polar surface area (TPSA) is 0 Å². The van der Waals surface area contributed by atoms with Crippen LogP contribution in [0.25, 0.3) is 0 Å². The Kier molecular flexibility index (Phi) is 1.90. The predicted octanol–water partition coefficient (Wildman–Crippen LogP) is 3.81. The van der Waals surface area contributed by atoms with Crippen LogP contribution in [0.15, 0.2) is 44.4 Å². The van der Waals surface area contributed by atoms with Gasteiger partial charge in [0, 0.05) is 0 Å². The summed E-state index contributed by atoms with van der Waals surface area (Å²) in [5.41, 5.74) is 4.18. The Labute approximate surface area is 82.6 Å². The molecule has 2 aliphatic rings.